The van der Waals surface area contributed by atoms with Crippen molar-refractivity contribution >= 4 is 0 Å². The maximum Gasteiger partial charge on any atom is 0.131 e. The van der Waals surface area contributed by atoms with Crippen molar-refractivity contribution in [3.05, 3.63) is 35.7 Å². The van der Waals surface area contributed by atoms with Crippen molar-refractivity contribution in [2.75, 3.05) is 7.05 Å². The number of aryl methyl sites for hydroxylation is 3. The molecule has 1 atom stereocenters. The van der Waals surface area contributed by atoms with Crippen LogP contribution in [0.4, 0.5) is 0 Å². The van der Waals surface area contributed by atoms with Crippen LogP contribution >= 0.6 is 0 Å². The van der Waals surface area contributed by atoms with E-state index in [2.05, 4.69) is 21.5 Å². The van der Waals surface area contributed by atoms with E-state index in [1.807, 2.05) is 49.7 Å². The smallest absolute Gasteiger partial charge is 0.131 e. The van der Waals surface area contributed by atoms with Gasteiger partial charge in [-0.15, -0.1) is 0 Å². The average Bonchev–Trinajstić information content (AvgIpc) is 2.77. The lowest BCUT2D eigenvalue weighted by atomic mass is 10.2. The first kappa shape index (κ1) is 10.9. The van der Waals surface area contributed by atoms with E-state index >= 15 is 0 Å². The molecule has 2 heterocycles. The largest absolute Gasteiger partial charge is 0.336 e. The Morgan fingerprint density at radius 1 is 1.38 bits per heavy atom. The van der Waals surface area contributed by atoms with Gasteiger partial charge in [-0.05, 0) is 20.0 Å². The second kappa shape index (κ2) is 4.09. The van der Waals surface area contributed by atoms with Crippen LogP contribution in [0.15, 0.2) is 18.5 Å². The van der Waals surface area contributed by atoms with Crippen LogP contribution in [0.1, 0.15) is 23.3 Å². The van der Waals surface area contributed by atoms with Gasteiger partial charge < -0.3 is 9.88 Å². The molecule has 2 rings (SSSR count). The standard InChI is InChI=1S/C11H17N5/c1-8-7-9(16(4)14-8)10(12-2)11-13-5-6-15(11)3/h5-7,10,12H,1-4H3. The zero-order chi connectivity index (χ0) is 11.7. The molecule has 2 aromatic rings. The van der Waals surface area contributed by atoms with Gasteiger partial charge in [0, 0.05) is 26.5 Å². The predicted octanol–water partition coefficient (Wildman–Crippen LogP) is 0.771. The number of hydrogen-bond donors (Lipinski definition) is 1. The zero-order valence-corrected chi connectivity index (χ0v) is 10.1. The van der Waals surface area contributed by atoms with E-state index < -0.39 is 0 Å². The van der Waals surface area contributed by atoms with Crippen LogP contribution in [0.25, 0.3) is 0 Å². The summed E-state index contributed by atoms with van der Waals surface area (Å²) in [6.07, 6.45) is 3.76. The van der Waals surface area contributed by atoms with Crippen molar-refractivity contribution in [3.8, 4) is 0 Å². The van der Waals surface area contributed by atoms with Crippen LogP contribution in [0.3, 0.4) is 0 Å². The van der Waals surface area contributed by atoms with Gasteiger partial charge in [-0.3, -0.25) is 4.68 Å². The molecule has 0 bridgehead atoms. The van der Waals surface area contributed by atoms with Crippen LogP contribution in [0.2, 0.25) is 0 Å². The summed E-state index contributed by atoms with van der Waals surface area (Å²) >= 11 is 0. The molecule has 0 fully saturated rings. The molecule has 5 heteroatoms. The lowest BCUT2D eigenvalue weighted by Crippen LogP contribution is -2.23. The van der Waals surface area contributed by atoms with Gasteiger partial charge >= 0.3 is 0 Å². The summed E-state index contributed by atoms with van der Waals surface area (Å²) in [4.78, 5) is 4.37. The second-order valence-corrected chi connectivity index (χ2v) is 3.95. The van der Waals surface area contributed by atoms with Gasteiger partial charge in [0.25, 0.3) is 0 Å². The fourth-order valence-corrected chi connectivity index (χ4v) is 1.97. The number of imidazole rings is 1. The third kappa shape index (κ3) is 1.74. The highest BCUT2D eigenvalue weighted by Gasteiger charge is 2.19. The van der Waals surface area contributed by atoms with Crippen LogP contribution in [0, 0.1) is 6.92 Å². The van der Waals surface area contributed by atoms with Gasteiger partial charge in [0.15, 0.2) is 0 Å². The average molecular weight is 219 g/mol. The topological polar surface area (TPSA) is 47.7 Å². The summed E-state index contributed by atoms with van der Waals surface area (Å²) in [6.45, 7) is 1.99. The van der Waals surface area contributed by atoms with Crippen molar-refractivity contribution in [1.82, 2.24) is 24.6 Å². The predicted molar refractivity (Wildman–Crippen MR) is 62.1 cm³/mol. The zero-order valence-electron chi connectivity index (χ0n) is 10.1. The molecule has 2 aromatic heterocycles. The molecule has 16 heavy (non-hydrogen) atoms. The van der Waals surface area contributed by atoms with Crippen molar-refractivity contribution < 1.29 is 0 Å². The first-order chi connectivity index (χ1) is 7.63. The van der Waals surface area contributed by atoms with E-state index in [0.717, 1.165) is 17.2 Å². The van der Waals surface area contributed by atoms with Gasteiger partial charge in [-0.2, -0.15) is 5.10 Å². The molecule has 86 valence electrons. The van der Waals surface area contributed by atoms with Gasteiger partial charge in [0.1, 0.15) is 11.9 Å². The molecule has 0 aromatic carbocycles. The molecule has 0 spiro atoms. The Hall–Kier alpha value is -1.62. The Balaban J connectivity index is 2.44. The third-order valence-corrected chi connectivity index (χ3v) is 2.74. The van der Waals surface area contributed by atoms with E-state index in [1.165, 1.54) is 0 Å². The molecule has 0 saturated carbocycles. The Kier molecular flexibility index (Phi) is 2.78. The van der Waals surface area contributed by atoms with Gasteiger partial charge in [-0.25, -0.2) is 4.98 Å². The highest BCUT2D eigenvalue weighted by atomic mass is 15.3. The minimum absolute atomic E-state index is 0.0752. The van der Waals surface area contributed by atoms with Gasteiger partial charge in [-0.1, -0.05) is 0 Å². The summed E-state index contributed by atoms with van der Waals surface area (Å²) in [6, 6.07) is 2.15. The molecular formula is C11H17N5. The van der Waals surface area contributed by atoms with E-state index in [4.69, 9.17) is 0 Å². The molecule has 0 aliphatic heterocycles. The highest BCUT2D eigenvalue weighted by molar-refractivity contribution is 5.20. The molecule has 5 nitrogen and oxygen atoms in total. The van der Waals surface area contributed by atoms with Crippen molar-refractivity contribution in [1.29, 1.82) is 0 Å². The van der Waals surface area contributed by atoms with E-state index in [9.17, 15) is 0 Å². The monoisotopic (exact) mass is 219 g/mol. The summed E-state index contributed by atoms with van der Waals surface area (Å²) in [5.41, 5.74) is 2.14. The molecule has 1 unspecified atom stereocenters. The molecule has 0 amide bonds. The second-order valence-electron chi connectivity index (χ2n) is 3.95. The number of nitrogens with one attached hydrogen (secondary N) is 1. The van der Waals surface area contributed by atoms with E-state index in [-0.39, 0.29) is 6.04 Å². The summed E-state index contributed by atoms with van der Waals surface area (Å²) < 4.78 is 3.91. The first-order valence-corrected chi connectivity index (χ1v) is 5.28. The third-order valence-electron chi connectivity index (χ3n) is 2.74. The minimum Gasteiger partial charge on any atom is -0.336 e. The van der Waals surface area contributed by atoms with E-state index in [0.29, 0.717) is 0 Å². The molecule has 1 N–H and O–H groups in total. The molecule has 0 aliphatic carbocycles. The SMILES string of the molecule is CNC(c1nccn1C)c1cc(C)nn1C. The first-order valence-electron chi connectivity index (χ1n) is 5.28. The molecule has 0 saturated heterocycles. The number of hydrogen-bond acceptors (Lipinski definition) is 3. The van der Waals surface area contributed by atoms with Gasteiger partial charge in [0.2, 0.25) is 0 Å². The van der Waals surface area contributed by atoms with Crippen LogP contribution in [0.5, 0.6) is 0 Å². The lowest BCUT2D eigenvalue weighted by Gasteiger charge is -2.16. The fourth-order valence-electron chi connectivity index (χ4n) is 1.97. The maximum absolute atomic E-state index is 4.37. The Morgan fingerprint density at radius 2 is 2.12 bits per heavy atom. The van der Waals surface area contributed by atoms with Crippen LogP contribution < -0.4 is 5.32 Å². The Morgan fingerprint density at radius 3 is 2.56 bits per heavy atom. The summed E-state index contributed by atoms with van der Waals surface area (Å²) in [5.74, 6) is 0.991. The van der Waals surface area contributed by atoms with Crippen molar-refractivity contribution in [2.24, 2.45) is 14.1 Å². The van der Waals surface area contributed by atoms with Crippen LogP contribution in [-0.2, 0) is 14.1 Å². The molecule has 0 radical (unpaired) electrons. The number of nitrogens with zero attached hydrogens (tertiary/aromatic N) is 4. The maximum atomic E-state index is 4.37. The highest BCUT2D eigenvalue weighted by Crippen LogP contribution is 2.19. The summed E-state index contributed by atoms with van der Waals surface area (Å²) in [7, 11) is 5.88. The Labute approximate surface area is 95.1 Å². The number of rotatable bonds is 3. The van der Waals surface area contributed by atoms with Crippen LogP contribution in [-0.4, -0.2) is 26.4 Å². The molecular weight excluding hydrogens is 202 g/mol. The van der Waals surface area contributed by atoms with Gasteiger partial charge in [0.05, 0.1) is 11.4 Å². The Bertz CT molecular complexity index is 482. The molecule has 0 aliphatic rings. The van der Waals surface area contributed by atoms with Crippen molar-refractivity contribution in [3.63, 3.8) is 0 Å². The minimum atomic E-state index is 0.0752. The van der Waals surface area contributed by atoms with Crippen molar-refractivity contribution in [2.45, 2.75) is 13.0 Å². The lowest BCUT2D eigenvalue weighted by molar-refractivity contribution is 0.562. The fraction of sp³-hybridized carbons (Fsp3) is 0.455. The number of aromatic nitrogens is 4. The normalized spacial score (nSPS) is 13.0. The summed E-state index contributed by atoms with van der Waals surface area (Å²) in [5, 5.41) is 7.63. The quantitative estimate of drug-likeness (QED) is 0.829. The van der Waals surface area contributed by atoms with E-state index in [1.54, 1.807) is 0 Å².